The largest absolute Gasteiger partial charge is 0.329 e. The van der Waals surface area contributed by atoms with E-state index in [9.17, 15) is 9.59 Å². The van der Waals surface area contributed by atoms with E-state index >= 15 is 0 Å². The van der Waals surface area contributed by atoms with E-state index in [1.54, 1.807) is 9.80 Å². The van der Waals surface area contributed by atoms with Gasteiger partial charge in [0.2, 0.25) is 11.8 Å². The SMILES string of the molecule is O=C1C2CCCN2C(=O)CN1c1ccc(Br)cc1. The van der Waals surface area contributed by atoms with Crippen molar-refractivity contribution in [1.82, 2.24) is 4.90 Å². The second kappa shape index (κ2) is 4.39. The van der Waals surface area contributed by atoms with Crippen molar-refractivity contribution >= 4 is 33.4 Å². The van der Waals surface area contributed by atoms with Gasteiger partial charge >= 0.3 is 0 Å². The van der Waals surface area contributed by atoms with Gasteiger partial charge in [0.15, 0.2) is 0 Å². The zero-order valence-corrected chi connectivity index (χ0v) is 11.4. The summed E-state index contributed by atoms with van der Waals surface area (Å²) in [6.45, 7) is 0.889. The summed E-state index contributed by atoms with van der Waals surface area (Å²) in [6, 6.07) is 7.25. The molecule has 94 valence electrons. The standard InChI is InChI=1S/C13H13BrN2O2/c14-9-3-5-10(6-4-9)16-8-12(17)15-7-1-2-11(15)13(16)18/h3-6,11H,1-2,7-8H2. The summed E-state index contributed by atoms with van der Waals surface area (Å²) in [4.78, 5) is 27.7. The highest BCUT2D eigenvalue weighted by molar-refractivity contribution is 9.10. The van der Waals surface area contributed by atoms with Crippen molar-refractivity contribution in [3.8, 4) is 0 Å². The van der Waals surface area contributed by atoms with Crippen LogP contribution in [0.4, 0.5) is 5.69 Å². The fourth-order valence-corrected chi connectivity index (χ4v) is 2.91. The molecule has 2 aliphatic rings. The number of nitrogens with zero attached hydrogens (tertiary/aromatic N) is 2. The Kier molecular flexibility index (Phi) is 2.86. The Labute approximate surface area is 114 Å². The van der Waals surface area contributed by atoms with Crippen LogP contribution in [0.15, 0.2) is 28.7 Å². The molecule has 0 radical (unpaired) electrons. The summed E-state index contributed by atoms with van der Waals surface area (Å²) in [5.41, 5.74) is 0.795. The van der Waals surface area contributed by atoms with Gasteiger partial charge in [-0.05, 0) is 37.1 Å². The number of benzene rings is 1. The minimum Gasteiger partial charge on any atom is -0.329 e. The van der Waals surface area contributed by atoms with Crippen molar-refractivity contribution in [3.05, 3.63) is 28.7 Å². The Morgan fingerprint density at radius 1 is 1.17 bits per heavy atom. The Bertz CT molecular complexity index is 500. The molecule has 1 aromatic carbocycles. The van der Waals surface area contributed by atoms with Crippen LogP contribution >= 0.6 is 15.9 Å². The molecule has 2 saturated heterocycles. The number of anilines is 1. The summed E-state index contributed by atoms with van der Waals surface area (Å²) in [7, 11) is 0. The molecule has 2 fully saturated rings. The molecule has 0 N–H and O–H groups in total. The van der Waals surface area contributed by atoms with E-state index in [1.807, 2.05) is 24.3 Å². The maximum Gasteiger partial charge on any atom is 0.250 e. The van der Waals surface area contributed by atoms with Crippen LogP contribution in [-0.2, 0) is 9.59 Å². The van der Waals surface area contributed by atoms with E-state index in [-0.39, 0.29) is 24.4 Å². The number of carbonyl (C=O) groups excluding carboxylic acids is 2. The van der Waals surface area contributed by atoms with Gasteiger partial charge in [-0.1, -0.05) is 15.9 Å². The first-order chi connectivity index (χ1) is 8.66. The molecule has 0 saturated carbocycles. The van der Waals surface area contributed by atoms with Gasteiger partial charge in [0, 0.05) is 16.7 Å². The number of rotatable bonds is 1. The number of hydrogen-bond donors (Lipinski definition) is 0. The fraction of sp³-hybridized carbons (Fsp3) is 0.385. The average molecular weight is 309 g/mol. The molecule has 1 unspecified atom stereocenters. The summed E-state index contributed by atoms with van der Waals surface area (Å²) < 4.78 is 0.963. The monoisotopic (exact) mass is 308 g/mol. The predicted octanol–water partition coefficient (Wildman–Crippen LogP) is 1.79. The van der Waals surface area contributed by atoms with Crippen molar-refractivity contribution in [1.29, 1.82) is 0 Å². The second-order valence-electron chi connectivity index (χ2n) is 4.65. The summed E-state index contributed by atoms with van der Waals surface area (Å²) in [6.07, 6.45) is 1.72. The lowest BCUT2D eigenvalue weighted by molar-refractivity contribution is -0.140. The quantitative estimate of drug-likeness (QED) is 0.793. The Balaban J connectivity index is 1.91. The minimum atomic E-state index is -0.241. The van der Waals surface area contributed by atoms with Gasteiger partial charge in [0.05, 0.1) is 0 Å². The van der Waals surface area contributed by atoms with Crippen molar-refractivity contribution in [3.63, 3.8) is 0 Å². The molecule has 0 spiro atoms. The van der Waals surface area contributed by atoms with Crippen LogP contribution in [0.1, 0.15) is 12.8 Å². The van der Waals surface area contributed by atoms with E-state index in [1.165, 1.54) is 0 Å². The fourth-order valence-electron chi connectivity index (χ4n) is 2.65. The Morgan fingerprint density at radius 3 is 2.61 bits per heavy atom. The van der Waals surface area contributed by atoms with Gasteiger partial charge in [-0.3, -0.25) is 9.59 Å². The number of piperazine rings is 1. The summed E-state index contributed by atoms with van der Waals surface area (Å²) >= 11 is 3.36. The third-order valence-corrected chi connectivity index (χ3v) is 4.08. The predicted molar refractivity (Wildman–Crippen MR) is 71.2 cm³/mol. The van der Waals surface area contributed by atoms with E-state index < -0.39 is 0 Å². The van der Waals surface area contributed by atoms with E-state index in [0.717, 1.165) is 29.5 Å². The number of amides is 2. The van der Waals surface area contributed by atoms with E-state index in [2.05, 4.69) is 15.9 Å². The number of carbonyl (C=O) groups is 2. The van der Waals surface area contributed by atoms with Crippen LogP contribution in [-0.4, -0.2) is 35.8 Å². The molecule has 4 nitrogen and oxygen atoms in total. The van der Waals surface area contributed by atoms with Crippen LogP contribution in [0.2, 0.25) is 0 Å². The Hall–Kier alpha value is -1.36. The topological polar surface area (TPSA) is 40.6 Å². The molecular weight excluding hydrogens is 296 g/mol. The highest BCUT2D eigenvalue weighted by Gasteiger charge is 2.42. The smallest absolute Gasteiger partial charge is 0.250 e. The lowest BCUT2D eigenvalue weighted by Crippen LogP contribution is -2.57. The lowest BCUT2D eigenvalue weighted by Gasteiger charge is -2.36. The van der Waals surface area contributed by atoms with Gasteiger partial charge in [-0.2, -0.15) is 0 Å². The number of fused-ring (bicyclic) bond motifs is 1. The van der Waals surface area contributed by atoms with Gasteiger partial charge in [-0.25, -0.2) is 0 Å². The summed E-state index contributed by atoms with van der Waals surface area (Å²) in [5, 5.41) is 0. The zero-order chi connectivity index (χ0) is 12.7. The first kappa shape index (κ1) is 11.7. The van der Waals surface area contributed by atoms with Crippen molar-refractivity contribution in [2.75, 3.05) is 18.0 Å². The van der Waals surface area contributed by atoms with Crippen molar-refractivity contribution in [2.45, 2.75) is 18.9 Å². The summed E-state index contributed by atoms with van der Waals surface area (Å²) in [5.74, 6) is 0.106. The number of halogens is 1. The highest BCUT2D eigenvalue weighted by atomic mass is 79.9. The molecule has 2 amide bonds. The van der Waals surface area contributed by atoms with E-state index in [0.29, 0.717) is 0 Å². The van der Waals surface area contributed by atoms with E-state index in [4.69, 9.17) is 0 Å². The molecule has 18 heavy (non-hydrogen) atoms. The molecule has 0 aliphatic carbocycles. The van der Waals surface area contributed by atoms with Gasteiger partial charge in [-0.15, -0.1) is 0 Å². The minimum absolute atomic E-state index is 0.0504. The van der Waals surface area contributed by atoms with Crippen LogP contribution in [0.3, 0.4) is 0 Å². The van der Waals surface area contributed by atoms with Gasteiger partial charge in [0.1, 0.15) is 12.6 Å². The van der Waals surface area contributed by atoms with Gasteiger partial charge in [0.25, 0.3) is 0 Å². The van der Waals surface area contributed by atoms with Crippen LogP contribution in [0, 0.1) is 0 Å². The van der Waals surface area contributed by atoms with Crippen LogP contribution in [0.25, 0.3) is 0 Å². The molecular formula is C13H13BrN2O2. The zero-order valence-electron chi connectivity index (χ0n) is 9.80. The maximum atomic E-state index is 12.4. The third kappa shape index (κ3) is 1.82. The number of hydrogen-bond acceptors (Lipinski definition) is 2. The van der Waals surface area contributed by atoms with Crippen molar-refractivity contribution in [2.24, 2.45) is 0 Å². The first-order valence-electron chi connectivity index (χ1n) is 6.03. The molecule has 0 aromatic heterocycles. The Morgan fingerprint density at radius 2 is 1.89 bits per heavy atom. The normalized spacial score (nSPS) is 23.5. The van der Waals surface area contributed by atoms with Crippen LogP contribution < -0.4 is 4.90 Å². The molecule has 2 heterocycles. The highest BCUT2D eigenvalue weighted by Crippen LogP contribution is 2.27. The van der Waals surface area contributed by atoms with Crippen molar-refractivity contribution < 1.29 is 9.59 Å². The third-order valence-electron chi connectivity index (χ3n) is 3.56. The first-order valence-corrected chi connectivity index (χ1v) is 6.82. The molecule has 2 aliphatic heterocycles. The lowest BCUT2D eigenvalue weighted by atomic mass is 10.1. The average Bonchev–Trinajstić information content (AvgIpc) is 2.85. The molecule has 1 atom stereocenters. The molecule has 3 rings (SSSR count). The molecule has 5 heteroatoms. The molecule has 1 aromatic rings. The maximum absolute atomic E-state index is 12.4. The molecule has 0 bridgehead atoms. The second-order valence-corrected chi connectivity index (χ2v) is 5.56. The van der Waals surface area contributed by atoms with Crippen LogP contribution in [0.5, 0.6) is 0 Å². The van der Waals surface area contributed by atoms with Gasteiger partial charge < -0.3 is 9.80 Å².